The lowest BCUT2D eigenvalue weighted by Crippen LogP contribution is -1.85. The van der Waals surface area contributed by atoms with E-state index in [1.54, 1.807) is 0 Å². The van der Waals surface area contributed by atoms with Crippen molar-refractivity contribution in [1.29, 1.82) is 0 Å². The summed E-state index contributed by atoms with van der Waals surface area (Å²) in [6.45, 7) is 0. The van der Waals surface area contributed by atoms with E-state index in [-0.39, 0.29) is 0 Å². The molecule has 0 amide bonds. The summed E-state index contributed by atoms with van der Waals surface area (Å²) >= 11 is 7.57. The largest absolute Gasteiger partial charge is 0.399 e. The van der Waals surface area contributed by atoms with Crippen molar-refractivity contribution >= 4 is 28.6 Å². The van der Waals surface area contributed by atoms with E-state index < -0.39 is 0 Å². The molecule has 0 aliphatic heterocycles. The fourth-order valence-corrected chi connectivity index (χ4v) is 3.05. The van der Waals surface area contributed by atoms with Crippen LogP contribution in [0.3, 0.4) is 0 Å². The van der Waals surface area contributed by atoms with Crippen molar-refractivity contribution < 1.29 is 0 Å². The van der Waals surface area contributed by atoms with Gasteiger partial charge in [-0.3, -0.25) is 0 Å². The Morgan fingerprint density at radius 1 is 0.895 bits per heavy atom. The first-order valence-corrected chi connectivity index (χ1v) is 7.01. The molecule has 0 radical (unpaired) electrons. The number of aromatic nitrogens is 1. The monoisotopic (exact) mass is 286 g/mol. The smallest absolute Gasteiger partial charge is 0.184 e. The Hall–Kier alpha value is -1.84. The number of nitrogen functional groups attached to an aromatic ring is 1. The number of hydrogen-bond donors (Lipinski definition) is 1. The third-order valence-corrected chi connectivity index (χ3v) is 4.03. The van der Waals surface area contributed by atoms with Crippen LogP contribution in [-0.2, 0) is 0 Å². The molecule has 0 atom stereocenters. The van der Waals surface area contributed by atoms with Gasteiger partial charge in [-0.05, 0) is 17.7 Å². The van der Waals surface area contributed by atoms with Gasteiger partial charge in [0.1, 0.15) is 0 Å². The molecule has 3 aromatic rings. The van der Waals surface area contributed by atoms with Gasteiger partial charge in [0, 0.05) is 11.3 Å². The fraction of sp³-hybridized carbons (Fsp3) is 0. The maximum Gasteiger partial charge on any atom is 0.184 e. The molecule has 2 N–H and O–H groups in total. The van der Waals surface area contributed by atoms with Crippen LogP contribution in [0.2, 0.25) is 4.47 Å². The molecule has 19 heavy (non-hydrogen) atoms. The molecule has 1 heterocycles. The van der Waals surface area contributed by atoms with Gasteiger partial charge in [0.05, 0.1) is 10.6 Å². The molecule has 1 aromatic heterocycles. The number of benzene rings is 2. The molecule has 94 valence electrons. The molecule has 0 fully saturated rings. The molecule has 2 nitrogen and oxygen atoms in total. The molecule has 3 rings (SSSR count). The van der Waals surface area contributed by atoms with Crippen LogP contribution in [0.4, 0.5) is 5.69 Å². The summed E-state index contributed by atoms with van der Waals surface area (Å²) in [6, 6.07) is 17.8. The van der Waals surface area contributed by atoms with Crippen molar-refractivity contribution in [3.05, 3.63) is 59.1 Å². The second-order valence-corrected chi connectivity index (χ2v) is 5.71. The van der Waals surface area contributed by atoms with Crippen LogP contribution in [0.25, 0.3) is 21.7 Å². The third kappa shape index (κ3) is 2.48. The molecule has 0 unspecified atom stereocenters. The van der Waals surface area contributed by atoms with Gasteiger partial charge in [0.15, 0.2) is 4.47 Å². The summed E-state index contributed by atoms with van der Waals surface area (Å²) in [5, 5.41) is 0. The molecular weight excluding hydrogens is 276 g/mol. The predicted octanol–water partition coefficient (Wildman–Crippen LogP) is 4.71. The van der Waals surface area contributed by atoms with Crippen molar-refractivity contribution in [2.75, 3.05) is 5.73 Å². The maximum absolute atomic E-state index is 6.08. The van der Waals surface area contributed by atoms with Crippen LogP contribution in [0.15, 0.2) is 54.6 Å². The molecule has 0 aliphatic rings. The van der Waals surface area contributed by atoms with E-state index in [1.807, 2.05) is 42.5 Å². The molecular formula is C15H11ClN2S. The maximum atomic E-state index is 6.08. The first-order valence-electron chi connectivity index (χ1n) is 5.82. The van der Waals surface area contributed by atoms with E-state index >= 15 is 0 Å². The highest BCUT2D eigenvalue weighted by Gasteiger charge is 2.13. The quantitative estimate of drug-likeness (QED) is 0.693. The minimum absolute atomic E-state index is 0.547. The average molecular weight is 287 g/mol. The van der Waals surface area contributed by atoms with E-state index in [9.17, 15) is 0 Å². The molecule has 0 spiro atoms. The van der Waals surface area contributed by atoms with Crippen molar-refractivity contribution in [2.45, 2.75) is 0 Å². The SMILES string of the molecule is Nc1ccc(-c2nc(Cl)sc2-c2ccccc2)cc1. The van der Waals surface area contributed by atoms with Crippen LogP contribution in [0.1, 0.15) is 0 Å². The van der Waals surface area contributed by atoms with Crippen molar-refractivity contribution in [3.63, 3.8) is 0 Å². The summed E-state index contributed by atoms with van der Waals surface area (Å²) < 4.78 is 0.547. The van der Waals surface area contributed by atoms with Gasteiger partial charge in [-0.1, -0.05) is 54.1 Å². The lowest BCUT2D eigenvalue weighted by molar-refractivity contribution is 1.41. The molecule has 0 aliphatic carbocycles. The zero-order chi connectivity index (χ0) is 13.2. The van der Waals surface area contributed by atoms with Gasteiger partial charge in [-0.25, -0.2) is 4.98 Å². The minimum Gasteiger partial charge on any atom is -0.399 e. The number of anilines is 1. The van der Waals surface area contributed by atoms with E-state index in [4.69, 9.17) is 17.3 Å². The number of thiazole rings is 1. The normalized spacial score (nSPS) is 10.6. The highest BCUT2D eigenvalue weighted by Crippen LogP contribution is 2.38. The van der Waals surface area contributed by atoms with Gasteiger partial charge in [0.25, 0.3) is 0 Å². The highest BCUT2D eigenvalue weighted by atomic mass is 35.5. The first kappa shape index (κ1) is 12.2. The number of halogens is 1. The van der Waals surface area contributed by atoms with Crippen LogP contribution >= 0.6 is 22.9 Å². The number of rotatable bonds is 2. The van der Waals surface area contributed by atoms with Gasteiger partial charge >= 0.3 is 0 Å². The molecule has 4 heteroatoms. The van der Waals surface area contributed by atoms with Crippen LogP contribution in [0, 0.1) is 0 Å². The van der Waals surface area contributed by atoms with E-state index in [0.717, 1.165) is 27.4 Å². The summed E-state index contributed by atoms with van der Waals surface area (Å²) in [5.74, 6) is 0. The van der Waals surface area contributed by atoms with E-state index in [2.05, 4.69) is 17.1 Å². The summed E-state index contributed by atoms with van der Waals surface area (Å²) in [7, 11) is 0. The van der Waals surface area contributed by atoms with E-state index in [1.165, 1.54) is 11.3 Å². The van der Waals surface area contributed by atoms with Gasteiger partial charge in [0.2, 0.25) is 0 Å². The Morgan fingerprint density at radius 3 is 2.26 bits per heavy atom. The Labute approximate surface area is 120 Å². The second-order valence-electron chi connectivity index (χ2n) is 4.13. The zero-order valence-electron chi connectivity index (χ0n) is 10.0. The van der Waals surface area contributed by atoms with Crippen molar-refractivity contribution in [2.24, 2.45) is 0 Å². The van der Waals surface area contributed by atoms with Gasteiger partial charge < -0.3 is 5.73 Å². The summed E-state index contributed by atoms with van der Waals surface area (Å²) in [5.41, 5.74) is 9.51. The molecule has 2 aromatic carbocycles. The minimum atomic E-state index is 0.547. The van der Waals surface area contributed by atoms with Gasteiger partial charge in [-0.2, -0.15) is 0 Å². The summed E-state index contributed by atoms with van der Waals surface area (Å²) in [6.07, 6.45) is 0. The Kier molecular flexibility index (Phi) is 3.23. The van der Waals surface area contributed by atoms with E-state index in [0.29, 0.717) is 4.47 Å². The Balaban J connectivity index is 2.15. The Morgan fingerprint density at radius 2 is 1.58 bits per heavy atom. The second kappa shape index (κ2) is 5.03. The zero-order valence-corrected chi connectivity index (χ0v) is 11.6. The molecule has 0 saturated carbocycles. The van der Waals surface area contributed by atoms with Crippen LogP contribution in [0.5, 0.6) is 0 Å². The lowest BCUT2D eigenvalue weighted by atomic mass is 10.1. The highest BCUT2D eigenvalue weighted by molar-refractivity contribution is 7.19. The predicted molar refractivity (Wildman–Crippen MR) is 82.4 cm³/mol. The molecule has 0 saturated heterocycles. The first-order chi connectivity index (χ1) is 9.24. The van der Waals surface area contributed by atoms with Crippen LogP contribution in [-0.4, -0.2) is 4.98 Å². The number of nitrogens with two attached hydrogens (primary N) is 1. The van der Waals surface area contributed by atoms with Gasteiger partial charge in [-0.15, -0.1) is 11.3 Å². The molecule has 0 bridgehead atoms. The number of hydrogen-bond acceptors (Lipinski definition) is 3. The fourth-order valence-electron chi connectivity index (χ4n) is 1.92. The third-order valence-electron chi connectivity index (χ3n) is 2.82. The number of nitrogens with zero attached hydrogens (tertiary/aromatic N) is 1. The topological polar surface area (TPSA) is 38.9 Å². The lowest BCUT2D eigenvalue weighted by Gasteiger charge is -2.03. The van der Waals surface area contributed by atoms with Crippen molar-refractivity contribution in [1.82, 2.24) is 4.98 Å². The summed E-state index contributed by atoms with van der Waals surface area (Å²) in [4.78, 5) is 5.51. The van der Waals surface area contributed by atoms with Crippen LogP contribution < -0.4 is 5.73 Å². The average Bonchev–Trinajstić information content (AvgIpc) is 2.83. The Bertz CT molecular complexity index is 690. The van der Waals surface area contributed by atoms with Crippen molar-refractivity contribution in [3.8, 4) is 21.7 Å². The standard InChI is InChI=1S/C15H11ClN2S/c16-15-18-13(10-6-8-12(17)9-7-10)14(19-15)11-4-2-1-3-5-11/h1-9H,17H2.